The monoisotopic (exact) mass is 412 g/mol. The van der Waals surface area contributed by atoms with Gasteiger partial charge in [0.25, 0.3) is 0 Å². The molecule has 0 saturated carbocycles. The minimum absolute atomic E-state index is 0.265. The number of methoxy groups -OCH3 is 1. The molecule has 5 nitrogen and oxygen atoms in total. The molecule has 3 N–H and O–H groups in total. The van der Waals surface area contributed by atoms with Crippen molar-refractivity contribution in [2.24, 2.45) is 0 Å². The highest BCUT2D eigenvalue weighted by Crippen LogP contribution is 2.31. The third-order valence-electron chi connectivity index (χ3n) is 3.91. The summed E-state index contributed by atoms with van der Waals surface area (Å²) in [5, 5.41) is 16.9. The van der Waals surface area contributed by atoms with Gasteiger partial charge in [-0.05, 0) is 36.8 Å². The highest BCUT2D eigenvalue weighted by Gasteiger charge is 2.10. The van der Waals surface area contributed by atoms with Crippen LogP contribution in [-0.2, 0) is 13.2 Å². The van der Waals surface area contributed by atoms with Gasteiger partial charge >= 0.3 is 0 Å². The molecule has 0 radical (unpaired) electrons. The molecule has 0 aliphatic carbocycles. The quantitative estimate of drug-likeness (QED) is 0.491. The summed E-state index contributed by atoms with van der Waals surface area (Å²) in [5.74, 6) is 1.29. The van der Waals surface area contributed by atoms with Crippen molar-refractivity contribution in [2.45, 2.75) is 26.2 Å². The van der Waals surface area contributed by atoms with Crippen molar-refractivity contribution in [1.82, 2.24) is 10.6 Å². The van der Waals surface area contributed by atoms with E-state index in [0.717, 1.165) is 24.2 Å². The Kier molecular flexibility index (Phi) is 9.18. The van der Waals surface area contributed by atoms with E-state index in [2.05, 4.69) is 10.6 Å². The predicted molar refractivity (Wildman–Crippen MR) is 110 cm³/mol. The first-order chi connectivity index (χ1) is 13.0. The smallest absolute Gasteiger partial charge is 0.161 e. The van der Waals surface area contributed by atoms with E-state index in [9.17, 15) is 5.11 Å². The summed E-state index contributed by atoms with van der Waals surface area (Å²) in [7, 11) is 1.61. The van der Waals surface area contributed by atoms with E-state index >= 15 is 0 Å². The van der Waals surface area contributed by atoms with Crippen LogP contribution in [0.3, 0.4) is 0 Å². The third-order valence-corrected chi connectivity index (χ3v) is 4.62. The number of hydrogen-bond donors (Lipinski definition) is 3. The zero-order valence-corrected chi connectivity index (χ0v) is 17.1. The highest BCUT2D eigenvalue weighted by molar-refractivity contribution is 6.35. The van der Waals surface area contributed by atoms with Gasteiger partial charge in [0, 0.05) is 41.8 Å². The Bertz CT molecular complexity index is 706. The number of benzene rings is 2. The lowest BCUT2D eigenvalue weighted by atomic mass is 10.2. The van der Waals surface area contributed by atoms with Crippen LogP contribution < -0.4 is 20.1 Å². The largest absolute Gasteiger partial charge is 0.493 e. The minimum atomic E-state index is -0.331. The molecule has 0 saturated heterocycles. The van der Waals surface area contributed by atoms with E-state index in [1.54, 1.807) is 32.2 Å². The first-order valence-electron chi connectivity index (χ1n) is 8.83. The van der Waals surface area contributed by atoms with Crippen molar-refractivity contribution in [3.8, 4) is 11.5 Å². The van der Waals surface area contributed by atoms with Crippen LogP contribution in [0.2, 0.25) is 10.0 Å². The van der Waals surface area contributed by atoms with E-state index in [-0.39, 0.29) is 12.7 Å². The van der Waals surface area contributed by atoms with E-state index in [0.29, 0.717) is 34.6 Å². The molecule has 0 spiro atoms. The molecular weight excluding hydrogens is 387 g/mol. The van der Waals surface area contributed by atoms with Crippen LogP contribution >= 0.6 is 23.2 Å². The number of aliphatic hydroxyl groups excluding tert-OH is 1. The van der Waals surface area contributed by atoms with Gasteiger partial charge in [0.1, 0.15) is 6.61 Å². The van der Waals surface area contributed by atoms with Crippen molar-refractivity contribution < 1.29 is 14.6 Å². The van der Waals surface area contributed by atoms with Crippen LogP contribution in [-0.4, -0.2) is 38.0 Å². The topological polar surface area (TPSA) is 62.8 Å². The molecule has 1 atom stereocenters. The second kappa shape index (κ2) is 11.4. The Balaban J connectivity index is 1.88. The normalized spacial score (nSPS) is 12.0. The molecule has 0 aliphatic heterocycles. The van der Waals surface area contributed by atoms with Crippen LogP contribution in [0.15, 0.2) is 36.4 Å². The number of rotatable bonds is 11. The molecule has 2 rings (SSSR count). The number of aliphatic hydroxyl groups is 1. The predicted octanol–water partition coefficient (Wildman–Crippen LogP) is 3.64. The maximum atomic E-state index is 9.19. The fourth-order valence-corrected chi connectivity index (χ4v) is 2.99. The van der Waals surface area contributed by atoms with Gasteiger partial charge in [-0.2, -0.15) is 0 Å². The molecule has 0 fully saturated rings. The Labute approximate surface area is 170 Å². The Morgan fingerprint density at radius 2 is 1.74 bits per heavy atom. The van der Waals surface area contributed by atoms with E-state index < -0.39 is 0 Å². The lowest BCUT2D eigenvalue weighted by Gasteiger charge is -2.14. The maximum absolute atomic E-state index is 9.19. The molecule has 0 amide bonds. The Morgan fingerprint density at radius 1 is 1.04 bits per heavy atom. The first-order valence-corrected chi connectivity index (χ1v) is 9.59. The Hall–Kier alpha value is -1.50. The molecule has 7 heteroatoms. The van der Waals surface area contributed by atoms with E-state index in [1.807, 2.05) is 18.2 Å². The molecule has 0 aliphatic rings. The zero-order valence-electron chi connectivity index (χ0n) is 15.6. The van der Waals surface area contributed by atoms with E-state index in [1.165, 1.54) is 0 Å². The molecule has 1 unspecified atom stereocenters. The van der Waals surface area contributed by atoms with Crippen molar-refractivity contribution in [3.63, 3.8) is 0 Å². The Morgan fingerprint density at radius 3 is 2.41 bits per heavy atom. The van der Waals surface area contributed by atoms with Crippen LogP contribution in [0, 0.1) is 0 Å². The molecule has 2 aromatic carbocycles. The third kappa shape index (κ3) is 7.20. The van der Waals surface area contributed by atoms with Gasteiger partial charge in [-0.3, -0.25) is 0 Å². The standard InChI is InChI=1S/C20H26Cl2N2O3/c1-14(25)11-23-8-9-24-12-15-6-7-19(20(10-15)26-2)27-13-16-17(21)4-3-5-18(16)22/h3-7,10,14,23-25H,8-9,11-13H2,1-2H3. The van der Waals surface area contributed by atoms with Gasteiger partial charge in [-0.25, -0.2) is 0 Å². The molecule has 0 aromatic heterocycles. The van der Waals surface area contributed by atoms with Gasteiger partial charge < -0.3 is 25.2 Å². The summed E-state index contributed by atoms with van der Waals surface area (Å²) < 4.78 is 11.3. The minimum Gasteiger partial charge on any atom is -0.493 e. The molecule has 0 bridgehead atoms. The zero-order chi connectivity index (χ0) is 19.6. The van der Waals surface area contributed by atoms with Gasteiger partial charge in [0.15, 0.2) is 11.5 Å². The molecule has 27 heavy (non-hydrogen) atoms. The van der Waals surface area contributed by atoms with Crippen LogP contribution in [0.25, 0.3) is 0 Å². The number of halogens is 2. The summed E-state index contributed by atoms with van der Waals surface area (Å²) in [6, 6.07) is 11.2. The second-order valence-electron chi connectivity index (χ2n) is 6.20. The fraction of sp³-hybridized carbons (Fsp3) is 0.400. The van der Waals surface area contributed by atoms with Gasteiger partial charge in [0.05, 0.1) is 13.2 Å². The van der Waals surface area contributed by atoms with E-state index in [4.69, 9.17) is 32.7 Å². The van der Waals surface area contributed by atoms with Gasteiger partial charge in [-0.1, -0.05) is 35.3 Å². The number of ether oxygens (including phenoxy) is 2. The first kappa shape index (κ1) is 21.8. The van der Waals surface area contributed by atoms with Gasteiger partial charge in [-0.15, -0.1) is 0 Å². The van der Waals surface area contributed by atoms with Crippen molar-refractivity contribution in [1.29, 1.82) is 0 Å². The summed E-state index contributed by atoms with van der Waals surface area (Å²) in [5.41, 5.74) is 1.84. The summed E-state index contributed by atoms with van der Waals surface area (Å²) in [4.78, 5) is 0. The SMILES string of the molecule is COc1cc(CNCCNCC(C)O)ccc1OCc1c(Cl)cccc1Cl. The molecule has 148 valence electrons. The van der Waals surface area contributed by atoms with Gasteiger partial charge in [0.2, 0.25) is 0 Å². The lowest BCUT2D eigenvalue weighted by Crippen LogP contribution is -2.31. The number of nitrogens with one attached hydrogen (secondary N) is 2. The maximum Gasteiger partial charge on any atom is 0.161 e. The van der Waals surface area contributed by atoms with Crippen LogP contribution in [0.4, 0.5) is 0 Å². The van der Waals surface area contributed by atoms with Crippen molar-refractivity contribution >= 4 is 23.2 Å². The average molecular weight is 413 g/mol. The second-order valence-corrected chi connectivity index (χ2v) is 7.02. The van der Waals surface area contributed by atoms with Crippen molar-refractivity contribution in [3.05, 3.63) is 57.6 Å². The molecular formula is C20H26Cl2N2O3. The summed E-state index contributed by atoms with van der Waals surface area (Å²) >= 11 is 12.4. The fourth-order valence-electron chi connectivity index (χ4n) is 2.48. The highest BCUT2D eigenvalue weighted by atomic mass is 35.5. The van der Waals surface area contributed by atoms with Crippen LogP contribution in [0.5, 0.6) is 11.5 Å². The molecule has 2 aromatic rings. The summed E-state index contributed by atoms with van der Waals surface area (Å²) in [6.45, 7) is 4.93. The molecule has 0 heterocycles. The lowest BCUT2D eigenvalue weighted by molar-refractivity contribution is 0.191. The number of hydrogen-bond acceptors (Lipinski definition) is 5. The van der Waals surface area contributed by atoms with Crippen LogP contribution in [0.1, 0.15) is 18.1 Å². The van der Waals surface area contributed by atoms with Crippen molar-refractivity contribution in [2.75, 3.05) is 26.7 Å². The summed E-state index contributed by atoms with van der Waals surface area (Å²) in [6.07, 6.45) is -0.331. The average Bonchev–Trinajstić information content (AvgIpc) is 2.64.